The molecule has 0 radical (unpaired) electrons. The molecule has 3 aromatic rings. The van der Waals surface area contributed by atoms with Crippen molar-refractivity contribution >= 4 is 39.4 Å². The maximum Gasteiger partial charge on any atom is 0.263 e. The van der Waals surface area contributed by atoms with Gasteiger partial charge < -0.3 is 5.11 Å². The molecule has 11 heteroatoms. The van der Waals surface area contributed by atoms with Crippen LogP contribution in [0.5, 0.6) is 5.75 Å². The van der Waals surface area contributed by atoms with Crippen LogP contribution in [0, 0.1) is 16.0 Å². The van der Waals surface area contributed by atoms with Crippen molar-refractivity contribution in [1.82, 2.24) is 15.0 Å². The predicted octanol–water partition coefficient (Wildman–Crippen LogP) is 2.28. The number of aromatic nitrogens is 2. The third kappa shape index (κ3) is 3.98. The number of hydrogen-bond donors (Lipinski definition) is 1. The minimum atomic E-state index is -0.868. The first-order chi connectivity index (χ1) is 15.3. The topological polar surface area (TPSA) is 143 Å². The van der Waals surface area contributed by atoms with Crippen molar-refractivity contribution in [2.24, 2.45) is 11.0 Å². The second-order valence-corrected chi connectivity index (χ2v) is 8.97. The standard InChI is InChI=1S/C21H21N5O5S/c1-11-3-5-14-17(7-11)32-20-18(14)21(29)25(10-22-20)12(2)19(28)24-23-9-13-4-6-16(27)15(8-13)26(30)31/h4,6,8-12,27H,3,5,7H2,1-2H3,(H,24,28)/p-1/b23-9-/t11-,12-/m0/s1. The van der Waals surface area contributed by atoms with E-state index in [4.69, 9.17) is 0 Å². The Labute approximate surface area is 186 Å². The largest absolute Gasteiger partial charge is 0.868 e. The molecule has 2 heterocycles. The van der Waals surface area contributed by atoms with Crippen molar-refractivity contribution in [2.45, 2.75) is 39.2 Å². The van der Waals surface area contributed by atoms with Crippen LogP contribution in [-0.4, -0.2) is 26.6 Å². The van der Waals surface area contributed by atoms with Crippen LogP contribution in [0.15, 0.2) is 34.4 Å². The Hall–Kier alpha value is -3.60. The quantitative estimate of drug-likeness (QED) is 0.356. The summed E-state index contributed by atoms with van der Waals surface area (Å²) < 4.78 is 1.29. The third-order valence-corrected chi connectivity index (χ3v) is 6.77. The van der Waals surface area contributed by atoms with Crippen LogP contribution >= 0.6 is 11.3 Å². The summed E-state index contributed by atoms with van der Waals surface area (Å²) in [7, 11) is 0. The van der Waals surface area contributed by atoms with Gasteiger partial charge in [0.15, 0.2) is 0 Å². The average Bonchev–Trinajstić information content (AvgIpc) is 3.12. The SMILES string of the molecule is C[C@H]1CCc2c(sc3ncn([C@@H](C)C(=O)N/N=C\c4ccc([O-])c([N+](=O)[O-])c4)c(=O)c23)C1. The highest BCUT2D eigenvalue weighted by Crippen LogP contribution is 2.35. The molecule has 2 aromatic heterocycles. The van der Waals surface area contributed by atoms with Crippen LogP contribution in [0.25, 0.3) is 10.2 Å². The van der Waals surface area contributed by atoms with Gasteiger partial charge in [0.05, 0.1) is 22.9 Å². The number of thiophene rings is 1. The number of carbonyl (C=O) groups excluding carboxylic acids is 1. The summed E-state index contributed by atoms with van der Waals surface area (Å²) in [5.41, 5.74) is 2.82. The van der Waals surface area contributed by atoms with Gasteiger partial charge in [0, 0.05) is 16.5 Å². The fraction of sp³-hybridized carbons (Fsp3) is 0.333. The van der Waals surface area contributed by atoms with E-state index in [9.17, 15) is 24.8 Å². The van der Waals surface area contributed by atoms with E-state index in [1.165, 1.54) is 28.1 Å². The van der Waals surface area contributed by atoms with Gasteiger partial charge in [0.2, 0.25) is 0 Å². The van der Waals surface area contributed by atoms with Crippen LogP contribution in [-0.2, 0) is 17.6 Å². The highest BCUT2D eigenvalue weighted by molar-refractivity contribution is 7.18. The molecule has 1 N–H and O–H groups in total. The number of nitro benzene ring substituents is 1. The molecule has 0 spiro atoms. The van der Waals surface area contributed by atoms with Gasteiger partial charge in [-0.15, -0.1) is 11.3 Å². The van der Waals surface area contributed by atoms with Crippen LogP contribution in [0.2, 0.25) is 0 Å². The fourth-order valence-corrected chi connectivity index (χ4v) is 5.11. The lowest BCUT2D eigenvalue weighted by Gasteiger charge is -2.18. The molecule has 0 aliphatic heterocycles. The minimum Gasteiger partial charge on any atom is -0.868 e. The van der Waals surface area contributed by atoms with Crippen LogP contribution in [0.4, 0.5) is 5.69 Å². The lowest BCUT2D eigenvalue weighted by atomic mass is 9.89. The number of fused-ring (bicyclic) bond motifs is 3. The Kier molecular flexibility index (Phi) is 5.74. The van der Waals surface area contributed by atoms with E-state index in [1.54, 1.807) is 18.3 Å². The fourth-order valence-electron chi connectivity index (χ4n) is 3.77. The first kappa shape index (κ1) is 21.6. The molecule has 0 unspecified atom stereocenters. The zero-order chi connectivity index (χ0) is 23.0. The molecule has 4 rings (SSSR count). The van der Waals surface area contributed by atoms with E-state index >= 15 is 0 Å². The van der Waals surface area contributed by atoms with Crippen LogP contribution in [0.1, 0.15) is 42.3 Å². The average molecular weight is 454 g/mol. The van der Waals surface area contributed by atoms with Crippen molar-refractivity contribution in [3.63, 3.8) is 0 Å². The smallest absolute Gasteiger partial charge is 0.263 e. The second kappa shape index (κ2) is 8.50. The highest BCUT2D eigenvalue weighted by Gasteiger charge is 2.25. The van der Waals surface area contributed by atoms with Crippen molar-refractivity contribution in [3.05, 3.63) is 61.0 Å². The summed E-state index contributed by atoms with van der Waals surface area (Å²) in [5.74, 6) is -0.680. The molecule has 0 saturated heterocycles. The molecule has 1 amide bonds. The molecule has 2 atom stereocenters. The monoisotopic (exact) mass is 454 g/mol. The van der Waals surface area contributed by atoms with Gasteiger partial charge in [-0.1, -0.05) is 19.1 Å². The number of aryl methyl sites for hydroxylation is 1. The molecule has 1 aliphatic rings. The van der Waals surface area contributed by atoms with Crippen molar-refractivity contribution in [3.8, 4) is 5.75 Å². The molecule has 166 valence electrons. The van der Waals surface area contributed by atoms with Crippen LogP contribution < -0.4 is 16.1 Å². The molecule has 10 nitrogen and oxygen atoms in total. The molecule has 0 fully saturated rings. The van der Waals surface area contributed by atoms with E-state index in [2.05, 4.69) is 22.4 Å². The molecule has 32 heavy (non-hydrogen) atoms. The number of benzene rings is 1. The first-order valence-electron chi connectivity index (χ1n) is 10.1. The molecule has 0 saturated carbocycles. The van der Waals surface area contributed by atoms with Crippen molar-refractivity contribution in [1.29, 1.82) is 0 Å². The Morgan fingerprint density at radius 2 is 2.25 bits per heavy atom. The zero-order valence-corrected chi connectivity index (χ0v) is 18.2. The van der Waals surface area contributed by atoms with Gasteiger partial charge in [-0.3, -0.25) is 24.3 Å². The molecule has 1 aliphatic carbocycles. The Morgan fingerprint density at radius 1 is 1.47 bits per heavy atom. The lowest BCUT2D eigenvalue weighted by molar-refractivity contribution is -0.398. The molecular weight excluding hydrogens is 434 g/mol. The summed E-state index contributed by atoms with van der Waals surface area (Å²) in [4.78, 5) is 42.1. The molecule has 0 bridgehead atoms. The van der Waals surface area contributed by atoms with Gasteiger partial charge in [-0.05, 0) is 43.4 Å². The molecular formula is C21H20N5O5S-. The van der Waals surface area contributed by atoms with Gasteiger partial charge in [-0.25, -0.2) is 10.4 Å². The number of nitrogens with zero attached hydrogens (tertiary/aromatic N) is 4. The number of hydrazone groups is 1. The van der Waals surface area contributed by atoms with Gasteiger partial charge >= 0.3 is 0 Å². The van der Waals surface area contributed by atoms with Gasteiger partial charge in [0.25, 0.3) is 17.2 Å². The number of rotatable bonds is 5. The van der Waals surface area contributed by atoms with E-state index in [0.29, 0.717) is 16.1 Å². The summed E-state index contributed by atoms with van der Waals surface area (Å²) >= 11 is 1.54. The summed E-state index contributed by atoms with van der Waals surface area (Å²) in [6, 6.07) is 2.63. The summed E-state index contributed by atoms with van der Waals surface area (Å²) in [5, 5.41) is 26.7. The predicted molar refractivity (Wildman–Crippen MR) is 118 cm³/mol. The maximum atomic E-state index is 13.1. The zero-order valence-electron chi connectivity index (χ0n) is 17.4. The van der Waals surface area contributed by atoms with Gasteiger partial charge in [0.1, 0.15) is 10.9 Å². The minimum absolute atomic E-state index is 0.254. The summed E-state index contributed by atoms with van der Waals surface area (Å²) in [6.07, 6.45) is 5.35. The maximum absolute atomic E-state index is 13.1. The van der Waals surface area contributed by atoms with E-state index < -0.39 is 28.3 Å². The number of nitrogens with one attached hydrogen (secondary N) is 1. The third-order valence-electron chi connectivity index (χ3n) is 5.61. The first-order valence-corrected chi connectivity index (χ1v) is 10.9. The van der Waals surface area contributed by atoms with E-state index in [1.807, 2.05) is 0 Å². The Bertz CT molecular complexity index is 1310. The second-order valence-electron chi connectivity index (χ2n) is 7.88. The lowest BCUT2D eigenvalue weighted by Crippen LogP contribution is -2.34. The summed E-state index contributed by atoms with van der Waals surface area (Å²) in [6.45, 7) is 3.76. The van der Waals surface area contributed by atoms with Crippen molar-refractivity contribution in [2.75, 3.05) is 0 Å². The van der Waals surface area contributed by atoms with Crippen molar-refractivity contribution < 1.29 is 14.8 Å². The highest BCUT2D eigenvalue weighted by atomic mass is 32.1. The Balaban J connectivity index is 1.54. The number of nitro groups is 1. The molecule has 1 aromatic carbocycles. The Morgan fingerprint density at radius 3 is 3.00 bits per heavy atom. The normalized spacial score (nSPS) is 16.8. The van der Waals surface area contributed by atoms with Gasteiger partial charge in [-0.2, -0.15) is 5.10 Å². The van der Waals surface area contributed by atoms with E-state index in [-0.39, 0.29) is 11.1 Å². The van der Waals surface area contributed by atoms with E-state index in [0.717, 1.165) is 37.0 Å². The number of carbonyl (C=O) groups is 1. The van der Waals surface area contributed by atoms with Crippen LogP contribution in [0.3, 0.4) is 0 Å². The number of hydrogen-bond acceptors (Lipinski definition) is 8. The number of amides is 1.